The second-order valence-electron chi connectivity index (χ2n) is 11.7. The standard InChI is InChI=1S/C36H39BrClN3O6/c1-4-40(27-7-5-6-8-27)21-25-17-24(18-31(37)34(25)39)36(44)47-16-15-46-33(42)20-29-22(2)41(32-14-13-28(45-3)19-30(29)32)35(43)23-9-11-26(38)12-10-23/h9-14,17-19,27H,4-8,15-16,20-21,39H2,1-3H3. The van der Waals surface area contributed by atoms with Crippen molar-refractivity contribution < 1.29 is 28.6 Å². The van der Waals surface area contributed by atoms with E-state index in [9.17, 15) is 14.4 Å². The Morgan fingerprint density at radius 2 is 1.70 bits per heavy atom. The SMILES string of the molecule is CCN(Cc1cc(C(=O)OCCOC(=O)Cc2c(C)n(C(=O)c3ccc(Cl)cc3)c3ccc(OC)cc23)cc(Br)c1N)C1CCCC1. The van der Waals surface area contributed by atoms with Gasteiger partial charge in [-0.3, -0.25) is 19.1 Å². The van der Waals surface area contributed by atoms with E-state index in [1.165, 1.54) is 25.7 Å². The van der Waals surface area contributed by atoms with E-state index in [4.69, 9.17) is 31.5 Å². The van der Waals surface area contributed by atoms with Gasteiger partial charge in [0.15, 0.2) is 0 Å². The van der Waals surface area contributed by atoms with Crippen LogP contribution >= 0.6 is 27.5 Å². The Kier molecular flexibility index (Phi) is 11.3. The first-order chi connectivity index (χ1) is 22.6. The summed E-state index contributed by atoms with van der Waals surface area (Å²) in [7, 11) is 1.55. The summed E-state index contributed by atoms with van der Waals surface area (Å²) < 4.78 is 18.5. The maximum Gasteiger partial charge on any atom is 0.338 e. The molecule has 1 heterocycles. The van der Waals surface area contributed by atoms with Crippen molar-refractivity contribution in [1.82, 2.24) is 9.47 Å². The molecule has 9 nitrogen and oxygen atoms in total. The predicted molar refractivity (Wildman–Crippen MR) is 186 cm³/mol. The number of halogens is 2. The number of esters is 2. The molecule has 0 atom stereocenters. The highest BCUT2D eigenvalue weighted by Gasteiger charge is 2.24. The van der Waals surface area contributed by atoms with E-state index in [2.05, 4.69) is 27.8 Å². The largest absolute Gasteiger partial charge is 0.497 e. The van der Waals surface area contributed by atoms with Gasteiger partial charge >= 0.3 is 11.9 Å². The molecule has 0 unspecified atom stereocenters. The van der Waals surface area contributed by atoms with Crippen molar-refractivity contribution in [1.29, 1.82) is 0 Å². The van der Waals surface area contributed by atoms with Crippen LogP contribution in [0.2, 0.25) is 5.02 Å². The Bertz CT molecular complexity index is 1780. The number of hydrogen-bond donors (Lipinski definition) is 1. The molecule has 0 spiro atoms. The average molecular weight is 725 g/mol. The third kappa shape index (κ3) is 7.83. The number of benzene rings is 3. The number of ether oxygens (including phenoxy) is 3. The zero-order chi connectivity index (χ0) is 33.7. The highest BCUT2D eigenvalue weighted by molar-refractivity contribution is 9.10. The Labute approximate surface area is 288 Å². The van der Waals surface area contributed by atoms with Gasteiger partial charge in [-0.2, -0.15) is 0 Å². The molecule has 0 amide bonds. The van der Waals surface area contributed by atoms with Gasteiger partial charge in [0.1, 0.15) is 19.0 Å². The van der Waals surface area contributed by atoms with E-state index >= 15 is 0 Å². The van der Waals surface area contributed by atoms with Gasteiger partial charge in [-0.05, 0) is 108 Å². The number of rotatable bonds is 12. The monoisotopic (exact) mass is 723 g/mol. The van der Waals surface area contributed by atoms with Crippen LogP contribution in [0.1, 0.15) is 70.1 Å². The normalized spacial score (nSPS) is 13.3. The van der Waals surface area contributed by atoms with Gasteiger partial charge in [0.2, 0.25) is 0 Å². The second-order valence-corrected chi connectivity index (χ2v) is 13.0. The highest BCUT2D eigenvalue weighted by atomic mass is 79.9. The molecule has 47 heavy (non-hydrogen) atoms. The van der Waals surface area contributed by atoms with Crippen molar-refractivity contribution in [3.8, 4) is 5.75 Å². The first-order valence-electron chi connectivity index (χ1n) is 15.7. The summed E-state index contributed by atoms with van der Waals surface area (Å²) >= 11 is 9.52. The molecule has 0 saturated heterocycles. The summed E-state index contributed by atoms with van der Waals surface area (Å²) in [4.78, 5) is 41.9. The summed E-state index contributed by atoms with van der Waals surface area (Å²) in [6.45, 7) is 5.24. The average Bonchev–Trinajstić information content (AvgIpc) is 3.70. The zero-order valence-corrected chi connectivity index (χ0v) is 29.2. The molecule has 0 bridgehead atoms. The fourth-order valence-electron chi connectivity index (χ4n) is 6.28. The summed E-state index contributed by atoms with van der Waals surface area (Å²) in [5, 5.41) is 1.23. The Hall–Kier alpha value is -3.86. The van der Waals surface area contributed by atoms with E-state index in [0.29, 0.717) is 66.8 Å². The van der Waals surface area contributed by atoms with Gasteiger partial charge in [0.05, 0.1) is 30.3 Å². The Morgan fingerprint density at radius 3 is 2.38 bits per heavy atom. The van der Waals surface area contributed by atoms with Gasteiger partial charge in [0, 0.05) is 38.7 Å². The molecule has 1 fully saturated rings. The van der Waals surface area contributed by atoms with Crippen molar-refractivity contribution >= 4 is 62.0 Å². The minimum atomic E-state index is -0.529. The smallest absolute Gasteiger partial charge is 0.338 e. The summed E-state index contributed by atoms with van der Waals surface area (Å²) in [6, 6.07) is 15.9. The molecule has 2 N–H and O–H groups in total. The third-order valence-corrected chi connectivity index (χ3v) is 9.72. The fraction of sp³-hybridized carbons (Fsp3) is 0.361. The number of carbonyl (C=O) groups excluding carboxylic acids is 3. The first-order valence-corrected chi connectivity index (χ1v) is 16.9. The summed E-state index contributed by atoms with van der Waals surface area (Å²) in [6.07, 6.45) is 4.73. The lowest BCUT2D eigenvalue weighted by molar-refractivity contribution is -0.143. The molecule has 3 aromatic carbocycles. The van der Waals surface area contributed by atoms with E-state index in [1.54, 1.807) is 73.2 Å². The van der Waals surface area contributed by atoms with Crippen LogP contribution in [0, 0.1) is 6.92 Å². The molecule has 248 valence electrons. The molecular weight excluding hydrogens is 686 g/mol. The van der Waals surface area contributed by atoms with E-state index < -0.39 is 11.9 Å². The molecule has 1 saturated carbocycles. The first kappa shape index (κ1) is 34.5. The lowest BCUT2D eigenvalue weighted by Crippen LogP contribution is -2.32. The Balaban J connectivity index is 1.23. The number of carbonyl (C=O) groups is 3. The van der Waals surface area contributed by atoms with Crippen molar-refractivity contribution in [2.45, 2.75) is 58.5 Å². The van der Waals surface area contributed by atoms with Crippen LogP contribution in [0.3, 0.4) is 0 Å². The van der Waals surface area contributed by atoms with Gasteiger partial charge < -0.3 is 19.9 Å². The van der Waals surface area contributed by atoms with Crippen molar-refractivity contribution in [3.63, 3.8) is 0 Å². The van der Waals surface area contributed by atoms with Gasteiger partial charge in [0.25, 0.3) is 5.91 Å². The van der Waals surface area contributed by atoms with E-state index in [0.717, 1.165) is 12.1 Å². The number of fused-ring (bicyclic) bond motifs is 1. The van der Waals surface area contributed by atoms with Crippen LogP contribution in [0.4, 0.5) is 5.69 Å². The molecule has 11 heteroatoms. The van der Waals surface area contributed by atoms with Crippen LogP contribution in [0.15, 0.2) is 59.1 Å². The van der Waals surface area contributed by atoms with Crippen LogP contribution < -0.4 is 10.5 Å². The van der Waals surface area contributed by atoms with Gasteiger partial charge in [-0.1, -0.05) is 31.4 Å². The van der Waals surface area contributed by atoms with Gasteiger partial charge in [-0.15, -0.1) is 0 Å². The molecule has 0 aliphatic heterocycles. The maximum absolute atomic E-state index is 13.5. The number of methoxy groups -OCH3 is 1. The number of nitrogens with two attached hydrogens (primary N) is 1. The number of nitrogen functional groups attached to an aromatic ring is 1. The molecule has 5 rings (SSSR count). The molecule has 1 aromatic heterocycles. The molecule has 4 aromatic rings. The minimum absolute atomic E-state index is 0.0897. The quantitative estimate of drug-likeness (QED) is 0.0917. The van der Waals surface area contributed by atoms with Crippen LogP contribution in [-0.4, -0.2) is 60.2 Å². The van der Waals surface area contributed by atoms with Crippen molar-refractivity contribution in [3.05, 3.63) is 92.0 Å². The number of aromatic nitrogens is 1. The summed E-state index contributed by atoms with van der Waals surface area (Å²) in [5.74, 6) is -0.708. The molecular formula is C36H39BrClN3O6. The number of nitrogens with zero attached hydrogens (tertiary/aromatic N) is 2. The highest BCUT2D eigenvalue weighted by Crippen LogP contribution is 2.32. The van der Waals surface area contributed by atoms with Crippen molar-refractivity contribution in [2.75, 3.05) is 32.6 Å². The molecule has 1 aliphatic rings. The third-order valence-electron chi connectivity index (χ3n) is 8.81. The van der Waals surface area contributed by atoms with E-state index in [1.807, 2.05) is 0 Å². The fourth-order valence-corrected chi connectivity index (χ4v) is 6.90. The molecule has 0 radical (unpaired) electrons. The second kappa shape index (κ2) is 15.4. The van der Waals surface area contributed by atoms with Crippen molar-refractivity contribution in [2.24, 2.45) is 0 Å². The maximum atomic E-state index is 13.5. The minimum Gasteiger partial charge on any atom is -0.497 e. The predicted octanol–water partition coefficient (Wildman–Crippen LogP) is 7.35. The van der Waals surface area contributed by atoms with E-state index in [-0.39, 0.29) is 25.5 Å². The lowest BCUT2D eigenvalue weighted by atomic mass is 10.1. The van der Waals surface area contributed by atoms with Crippen LogP contribution in [0.25, 0.3) is 10.9 Å². The Morgan fingerprint density at radius 1 is 1.00 bits per heavy atom. The molecule has 1 aliphatic carbocycles. The lowest BCUT2D eigenvalue weighted by Gasteiger charge is -2.28. The summed E-state index contributed by atoms with van der Waals surface area (Å²) in [5.41, 5.74) is 10.6. The van der Waals surface area contributed by atoms with Crippen LogP contribution in [0.5, 0.6) is 5.75 Å². The van der Waals surface area contributed by atoms with Gasteiger partial charge in [-0.25, -0.2) is 4.79 Å². The van der Waals surface area contributed by atoms with Crippen LogP contribution in [-0.2, 0) is 27.2 Å². The number of anilines is 1. The zero-order valence-electron chi connectivity index (χ0n) is 26.8. The number of hydrogen-bond acceptors (Lipinski definition) is 8. The topological polar surface area (TPSA) is 113 Å².